The first-order valence-electron chi connectivity index (χ1n) is 11.7. The van der Waals surface area contributed by atoms with Crippen LogP contribution in [0.2, 0.25) is 0 Å². The van der Waals surface area contributed by atoms with E-state index >= 15 is 0 Å². The third kappa shape index (κ3) is 4.44. The minimum absolute atomic E-state index is 0.0554. The molecule has 1 fully saturated rings. The monoisotopic (exact) mass is 490 g/mol. The maximum absolute atomic E-state index is 14.3. The second-order valence-corrected chi connectivity index (χ2v) is 8.97. The number of halogens is 1. The van der Waals surface area contributed by atoms with E-state index in [4.69, 9.17) is 10.3 Å². The quantitative estimate of drug-likeness (QED) is 0.450. The van der Waals surface area contributed by atoms with Gasteiger partial charge in [0.2, 0.25) is 17.7 Å². The third-order valence-corrected chi connectivity index (χ3v) is 6.37. The lowest BCUT2D eigenvalue weighted by atomic mass is 10.1. The first kappa shape index (κ1) is 23.6. The number of nitrogens with two attached hydrogens (primary N) is 1. The van der Waals surface area contributed by atoms with Gasteiger partial charge in [-0.1, -0.05) is 5.16 Å². The molecule has 11 heteroatoms. The predicted molar refractivity (Wildman–Crippen MR) is 134 cm³/mol. The van der Waals surface area contributed by atoms with E-state index in [1.54, 1.807) is 14.0 Å². The Morgan fingerprint density at radius 2 is 1.94 bits per heavy atom. The molecule has 2 atom stereocenters. The van der Waals surface area contributed by atoms with Crippen molar-refractivity contribution in [1.82, 2.24) is 24.7 Å². The van der Waals surface area contributed by atoms with Crippen LogP contribution in [0.25, 0.3) is 22.6 Å². The Morgan fingerprint density at radius 3 is 2.61 bits per heavy atom. The van der Waals surface area contributed by atoms with Crippen molar-refractivity contribution in [2.45, 2.75) is 25.9 Å². The molecule has 0 amide bonds. The summed E-state index contributed by atoms with van der Waals surface area (Å²) in [5.41, 5.74) is 8.03. The van der Waals surface area contributed by atoms with Crippen LogP contribution in [-0.4, -0.2) is 50.4 Å². The fraction of sp³-hybridized carbons (Fsp3) is 0.320. The van der Waals surface area contributed by atoms with Gasteiger partial charge in [0.05, 0.1) is 17.9 Å². The van der Waals surface area contributed by atoms with Gasteiger partial charge in [-0.15, -0.1) is 0 Å². The van der Waals surface area contributed by atoms with Gasteiger partial charge < -0.3 is 20.1 Å². The van der Waals surface area contributed by atoms with Crippen LogP contribution in [0.5, 0.6) is 0 Å². The molecule has 2 N–H and O–H groups in total. The number of hydrogen-bond donors (Lipinski definition) is 1. The molecule has 0 spiro atoms. The smallest absolute Gasteiger partial charge is 0.255 e. The summed E-state index contributed by atoms with van der Waals surface area (Å²) in [5.74, 6) is 0.903. The van der Waals surface area contributed by atoms with E-state index in [0.29, 0.717) is 29.9 Å². The van der Waals surface area contributed by atoms with E-state index in [9.17, 15) is 9.18 Å². The fourth-order valence-electron chi connectivity index (χ4n) is 4.35. The molecule has 0 bridgehead atoms. The molecule has 1 unspecified atom stereocenters. The highest BCUT2D eigenvalue weighted by Crippen LogP contribution is 2.27. The van der Waals surface area contributed by atoms with Crippen LogP contribution >= 0.6 is 0 Å². The van der Waals surface area contributed by atoms with Crippen LogP contribution in [-0.2, 0) is 7.05 Å². The normalized spacial score (nSPS) is 16.9. The Bertz CT molecular complexity index is 1430. The number of benzene rings is 1. The molecule has 1 aliphatic rings. The van der Waals surface area contributed by atoms with Crippen molar-refractivity contribution in [3.05, 3.63) is 70.9 Å². The van der Waals surface area contributed by atoms with Gasteiger partial charge in [0.1, 0.15) is 0 Å². The zero-order valence-corrected chi connectivity index (χ0v) is 20.3. The highest BCUT2D eigenvalue weighted by atomic mass is 19.1. The summed E-state index contributed by atoms with van der Waals surface area (Å²) in [6.45, 7) is 5.97. The van der Waals surface area contributed by atoms with Gasteiger partial charge in [-0.2, -0.15) is 4.98 Å². The number of hydrogen-bond acceptors (Lipinski definition) is 9. The van der Waals surface area contributed by atoms with Crippen LogP contribution in [0.15, 0.2) is 58.1 Å². The van der Waals surface area contributed by atoms with Gasteiger partial charge in [-0.25, -0.2) is 9.37 Å². The van der Waals surface area contributed by atoms with Gasteiger partial charge in [0, 0.05) is 61.8 Å². The summed E-state index contributed by atoms with van der Waals surface area (Å²) < 4.78 is 21.0. The highest BCUT2D eigenvalue weighted by Gasteiger charge is 2.27. The predicted octanol–water partition coefficient (Wildman–Crippen LogP) is 2.77. The summed E-state index contributed by atoms with van der Waals surface area (Å²) in [4.78, 5) is 29.8. The number of aromatic nitrogens is 5. The molecule has 3 aromatic heterocycles. The van der Waals surface area contributed by atoms with Gasteiger partial charge in [0.15, 0.2) is 5.82 Å². The van der Waals surface area contributed by atoms with Crippen molar-refractivity contribution in [3.63, 3.8) is 0 Å². The first-order valence-corrected chi connectivity index (χ1v) is 11.7. The van der Waals surface area contributed by atoms with Crippen molar-refractivity contribution in [3.8, 4) is 22.6 Å². The van der Waals surface area contributed by atoms with E-state index in [1.165, 1.54) is 22.9 Å². The van der Waals surface area contributed by atoms with Gasteiger partial charge in [-0.3, -0.25) is 14.3 Å². The summed E-state index contributed by atoms with van der Waals surface area (Å²) in [7, 11) is 1.68. The lowest BCUT2D eigenvalue weighted by Gasteiger charge is -2.42. The van der Waals surface area contributed by atoms with E-state index < -0.39 is 5.82 Å². The van der Waals surface area contributed by atoms with Crippen molar-refractivity contribution in [2.75, 3.05) is 29.4 Å². The Hall–Kier alpha value is -4.12. The van der Waals surface area contributed by atoms with Crippen LogP contribution in [0, 0.1) is 5.82 Å². The second-order valence-electron chi connectivity index (χ2n) is 8.97. The molecular weight excluding hydrogens is 463 g/mol. The molecular formula is C25H27FN8O2. The topological polar surface area (TPSA) is 119 Å². The van der Waals surface area contributed by atoms with Crippen molar-refractivity contribution in [2.24, 2.45) is 12.8 Å². The Kier molecular flexibility index (Phi) is 6.23. The maximum atomic E-state index is 14.3. The number of nitrogens with zero attached hydrogens (tertiary/aromatic N) is 7. The molecule has 5 rings (SSSR count). The summed E-state index contributed by atoms with van der Waals surface area (Å²) in [6, 6.07) is 10.6. The van der Waals surface area contributed by atoms with Crippen LogP contribution in [0.3, 0.4) is 0 Å². The number of pyridine rings is 1. The van der Waals surface area contributed by atoms with E-state index in [1.807, 2.05) is 24.3 Å². The van der Waals surface area contributed by atoms with Crippen LogP contribution in [0.4, 0.5) is 16.0 Å². The van der Waals surface area contributed by atoms with Crippen molar-refractivity contribution in [1.29, 1.82) is 0 Å². The SMILES string of the molecule is CC(N)c1nc(-c2ccc(N3CCN(c4nc(-c5ccncc5F)cc(=O)n4C)[C@H](C)C3)cc2)no1. The molecule has 0 radical (unpaired) electrons. The molecule has 10 nitrogen and oxygen atoms in total. The summed E-state index contributed by atoms with van der Waals surface area (Å²) in [5, 5.41) is 4.01. The average Bonchev–Trinajstić information content (AvgIpc) is 3.37. The average molecular weight is 491 g/mol. The fourth-order valence-corrected chi connectivity index (χ4v) is 4.35. The van der Waals surface area contributed by atoms with Crippen molar-refractivity contribution < 1.29 is 8.91 Å². The van der Waals surface area contributed by atoms with Gasteiger partial charge in [-0.05, 0) is 44.2 Å². The van der Waals surface area contributed by atoms with E-state index in [2.05, 4.69) is 36.8 Å². The molecule has 36 heavy (non-hydrogen) atoms. The Labute approximate surface area is 207 Å². The second kappa shape index (κ2) is 9.50. The molecule has 1 aromatic carbocycles. The molecule has 0 saturated carbocycles. The molecule has 4 aromatic rings. The van der Waals surface area contributed by atoms with Crippen LogP contribution in [0.1, 0.15) is 25.8 Å². The number of anilines is 2. The minimum atomic E-state index is -0.514. The van der Waals surface area contributed by atoms with Crippen molar-refractivity contribution >= 4 is 11.6 Å². The molecule has 1 aliphatic heterocycles. The number of piperazine rings is 1. The Balaban J connectivity index is 1.35. The first-order chi connectivity index (χ1) is 17.3. The standard InChI is InChI=1S/C25H27FN8O2/c1-15-14-33(18-6-4-17(5-7-18)23-30-24(16(2)27)36-31-23)10-11-34(15)25-29-21(12-22(35)32(25)3)19-8-9-28-13-20(19)26/h4-9,12-13,15-16H,10-11,14,27H2,1-3H3/t15-,16?/m1/s1. The van der Waals surface area contributed by atoms with Gasteiger partial charge in [0.25, 0.3) is 5.56 Å². The molecule has 1 saturated heterocycles. The maximum Gasteiger partial charge on any atom is 0.255 e. The minimum Gasteiger partial charge on any atom is -0.368 e. The lowest BCUT2D eigenvalue weighted by Crippen LogP contribution is -2.53. The highest BCUT2D eigenvalue weighted by molar-refractivity contribution is 5.62. The van der Waals surface area contributed by atoms with Crippen LogP contribution < -0.4 is 21.1 Å². The third-order valence-electron chi connectivity index (χ3n) is 6.37. The van der Waals surface area contributed by atoms with E-state index in [0.717, 1.165) is 30.5 Å². The molecule has 4 heterocycles. The summed E-state index contributed by atoms with van der Waals surface area (Å²) >= 11 is 0. The van der Waals surface area contributed by atoms with Gasteiger partial charge >= 0.3 is 0 Å². The lowest BCUT2D eigenvalue weighted by molar-refractivity contribution is 0.362. The largest absolute Gasteiger partial charge is 0.368 e. The number of rotatable bonds is 5. The summed E-state index contributed by atoms with van der Waals surface area (Å²) in [6.07, 6.45) is 2.61. The Morgan fingerprint density at radius 1 is 1.17 bits per heavy atom. The molecule has 186 valence electrons. The molecule has 0 aliphatic carbocycles. The van der Waals surface area contributed by atoms with E-state index in [-0.39, 0.29) is 23.2 Å². The zero-order valence-electron chi connectivity index (χ0n) is 20.3. The zero-order chi connectivity index (χ0) is 25.4.